The van der Waals surface area contributed by atoms with Crippen LogP contribution in [0, 0.1) is 23.0 Å². The number of hydrogen-bond acceptors (Lipinski definition) is 4. The third kappa shape index (κ3) is 3.77. The number of hydrogen-bond donors (Lipinski definition) is 2. The summed E-state index contributed by atoms with van der Waals surface area (Å²) in [5.41, 5.74) is 1.10. The van der Waals surface area contributed by atoms with E-state index >= 15 is 0 Å². The van der Waals surface area contributed by atoms with Gasteiger partial charge in [0, 0.05) is 23.7 Å². The molecule has 2 rings (SSSR count). The highest BCUT2D eigenvalue weighted by molar-refractivity contribution is 5.91. The fourth-order valence-corrected chi connectivity index (χ4v) is 2.40. The fourth-order valence-electron chi connectivity index (χ4n) is 2.40. The Kier molecular flexibility index (Phi) is 4.68. The van der Waals surface area contributed by atoms with Crippen molar-refractivity contribution < 1.29 is 9.72 Å². The minimum atomic E-state index is -0.435. The molecule has 108 valence electrons. The summed E-state index contributed by atoms with van der Waals surface area (Å²) < 4.78 is 0. The Morgan fingerprint density at radius 2 is 2.35 bits per heavy atom. The molecule has 1 atom stereocenters. The van der Waals surface area contributed by atoms with Gasteiger partial charge in [-0.15, -0.1) is 0 Å². The van der Waals surface area contributed by atoms with Crippen molar-refractivity contribution in [1.29, 1.82) is 0 Å². The van der Waals surface area contributed by atoms with Gasteiger partial charge in [0.1, 0.15) is 0 Å². The molecule has 1 aromatic carbocycles. The van der Waals surface area contributed by atoms with Crippen LogP contribution in [0.3, 0.4) is 0 Å². The number of anilines is 1. The van der Waals surface area contributed by atoms with Gasteiger partial charge in [-0.2, -0.15) is 0 Å². The standard InChI is InChI=1S/C14H19N3O3/c1-10-2-4-12(8-13(10)17(19)20)16-14(18)5-3-11-6-7-15-9-11/h2,4,8,11,15H,3,5-7,9H2,1H3,(H,16,18). The van der Waals surface area contributed by atoms with Crippen LogP contribution in [0.25, 0.3) is 0 Å². The molecule has 2 N–H and O–H groups in total. The van der Waals surface area contributed by atoms with Gasteiger partial charge in [-0.05, 0) is 44.8 Å². The third-order valence-electron chi connectivity index (χ3n) is 3.63. The summed E-state index contributed by atoms with van der Waals surface area (Å²) in [6, 6.07) is 4.75. The number of amides is 1. The van der Waals surface area contributed by atoms with Crippen molar-refractivity contribution in [3.8, 4) is 0 Å². The van der Waals surface area contributed by atoms with Crippen molar-refractivity contribution in [1.82, 2.24) is 5.32 Å². The molecule has 1 aromatic rings. The van der Waals surface area contributed by atoms with Crippen LogP contribution in [0.15, 0.2) is 18.2 Å². The summed E-state index contributed by atoms with van der Waals surface area (Å²) in [6.07, 6.45) is 2.42. The van der Waals surface area contributed by atoms with E-state index in [4.69, 9.17) is 0 Å². The summed E-state index contributed by atoms with van der Waals surface area (Å²) in [4.78, 5) is 22.2. The zero-order valence-corrected chi connectivity index (χ0v) is 11.5. The summed E-state index contributed by atoms with van der Waals surface area (Å²) >= 11 is 0. The van der Waals surface area contributed by atoms with Crippen molar-refractivity contribution in [2.45, 2.75) is 26.2 Å². The van der Waals surface area contributed by atoms with Crippen molar-refractivity contribution in [2.24, 2.45) is 5.92 Å². The van der Waals surface area contributed by atoms with Crippen molar-refractivity contribution in [2.75, 3.05) is 18.4 Å². The molecule has 1 heterocycles. The van der Waals surface area contributed by atoms with Gasteiger partial charge >= 0.3 is 0 Å². The number of nitrogens with zero attached hydrogens (tertiary/aromatic N) is 1. The number of aryl methyl sites for hydroxylation is 1. The predicted octanol–water partition coefficient (Wildman–Crippen LogP) is 2.23. The number of rotatable bonds is 5. The van der Waals surface area contributed by atoms with E-state index in [1.807, 2.05) is 0 Å². The molecule has 0 aliphatic carbocycles. The van der Waals surface area contributed by atoms with E-state index in [2.05, 4.69) is 10.6 Å². The molecule has 1 amide bonds. The molecule has 0 spiro atoms. The van der Waals surface area contributed by atoms with Crippen LogP contribution in [-0.4, -0.2) is 23.9 Å². The number of nitrogens with one attached hydrogen (secondary N) is 2. The van der Waals surface area contributed by atoms with Gasteiger partial charge in [0.2, 0.25) is 5.91 Å². The third-order valence-corrected chi connectivity index (χ3v) is 3.63. The maximum Gasteiger partial charge on any atom is 0.274 e. The van der Waals surface area contributed by atoms with Crippen LogP contribution < -0.4 is 10.6 Å². The molecule has 0 aromatic heterocycles. The number of benzene rings is 1. The van der Waals surface area contributed by atoms with E-state index in [0.29, 0.717) is 23.6 Å². The molecule has 20 heavy (non-hydrogen) atoms. The largest absolute Gasteiger partial charge is 0.326 e. The molecule has 0 bridgehead atoms. The van der Waals surface area contributed by atoms with Gasteiger partial charge in [0.15, 0.2) is 0 Å². The Morgan fingerprint density at radius 1 is 1.55 bits per heavy atom. The first-order valence-corrected chi connectivity index (χ1v) is 6.82. The highest BCUT2D eigenvalue weighted by atomic mass is 16.6. The lowest BCUT2D eigenvalue weighted by atomic mass is 10.0. The summed E-state index contributed by atoms with van der Waals surface area (Å²) in [5, 5.41) is 16.8. The van der Waals surface area contributed by atoms with Crippen LogP contribution >= 0.6 is 0 Å². The van der Waals surface area contributed by atoms with E-state index in [1.165, 1.54) is 6.07 Å². The maximum absolute atomic E-state index is 11.8. The van der Waals surface area contributed by atoms with Gasteiger partial charge in [-0.25, -0.2) is 0 Å². The smallest absolute Gasteiger partial charge is 0.274 e. The Bertz CT molecular complexity index is 510. The summed E-state index contributed by atoms with van der Waals surface area (Å²) in [7, 11) is 0. The maximum atomic E-state index is 11.8. The lowest BCUT2D eigenvalue weighted by Gasteiger charge is -2.09. The number of carbonyl (C=O) groups is 1. The second-order valence-corrected chi connectivity index (χ2v) is 5.20. The van der Waals surface area contributed by atoms with E-state index in [0.717, 1.165) is 25.9 Å². The zero-order chi connectivity index (χ0) is 14.5. The first-order valence-electron chi connectivity index (χ1n) is 6.82. The average Bonchev–Trinajstić information content (AvgIpc) is 2.91. The Labute approximate surface area is 117 Å². The molecule has 0 saturated carbocycles. The van der Waals surface area contributed by atoms with E-state index in [-0.39, 0.29) is 11.6 Å². The summed E-state index contributed by atoms with van der Waals surface area (Å²) in [6.45, 7) is 3.68. The van der Waals surface area contributed by atoms with Gasteiger partial charge in [0.05, 0.1) is 4.92 Å². The Hall–Kier alpha value is -1.95. The first kappa shape index (κ1) is 14.5. The minimum Gasteiger partial charge on any atom is -0.326 e. The molecule has 0 radical (unpaired) electrons. The fraction of sp³-hybridized carbons (Fsp3) is 0.500. The highest BCUT2D eigenvalue weighted by Crippen LogP contribution is 2.22. The molecule has 1 fully saturated rings. The minimum absolute atomic E-state index is 0.0304. The van der Waals surface area contributed by atoms with Gasteiger partial charge < -0.3 is 10.6 Å². The predicted molar refractivity (Wildman–Crippen MR) is 76.7 cm³/mol. The van der Waals surface area contributed by atoms with Crippen LogP contribution in [0.1, 0.15) is 24.8 Å². The number of nitro groups is 1. The monoisotopic (exact) mass is 277 g/mol. The lowest BCUT2D eigenvalue weighted by Crippen LogP contribution is -2.15. The molecular weight excluding hydrogens is 258 g/mol. The summed E-state index contributed by atoms with van der Waals surface area (Å²) in [5.74, 6) is 0.475. The number of carbonyl (C=O) groups excluding carboxylic acids is 1. The van der Waals surface area contributed by atoms with Crippen LogP contribution in [-0.2, 0) is 4.79 Å². The van der Waals surface area contributed by atoms with E-state index < -0.39 is 4.92 Å². The molecule has 1 saturated heterocycles. The van der Waals surface area contributed by atoms with Crippen LogP contribution in [0.5, 0.6) is 0 Å². The lowest BCUT2D eigenvalue weighted by molar-refractivity contribution is -0.385. The molecule has 6 heteroatoms. The average molecular weight is 277 g/mol. The normalized spacial score (nSPS) is 17.9. The second-order valence-electron chi connectivity index (χ2n) is 5.20. The molecular formula is C14H19N3O3. The van der Waals surface area contributed by atoms with Gasteiger partial charge in [0.25, 0.3) is 5.69 Å². The van der Waals surface area contributed by atoms with Crippen molar-refractivity contribution in [3.05, 3.63) is 33.9 Å². The SMILES string of the molecule is Cc1ccc(NC(=O)CCC2CCNC2)cc1[N+](=O)[O-]. The quantitative estimate of drug-likeness (QED) is 0.638. The Morgan fingerprint density at radius 3 is 3.00 bits per heavy atom. The van der Waals surface area contributed by atoms with E-state index in [1.54, 1.807) is 19.1 Å². The van der Waals surface area contributed by atoms with Gasteiger partial charge in [-0.3, -0.25) is 14.9 Å². The highest BCUT2D eigenvalue weighted by Gasteiger charge is 2.16. The first-order chi connectivity index (χ1) is 9.56. The Balaban J connectivity index is 1.90. The molecule has 1 aliphatic rings. The molecule has 1 unspecified atom stereocenters. The topological polar surface area (TPSA) is 84.3 Å². The van der Waals surface area contributed by atoms with Crippen molar-refractivity contribution in [3.63, 3.8) is 0 Å². The van der Waals surface area contributed by atoms with Crippen LogP contribution in [0.4, 0.5) is 11.4 Å². The molecule has 6 nitrogen and oxygen atoms in total. The zero-order valence-electron chi connectivity index (χ0n) is 11.5. The van der Waals surface area contributed by atoms with Gasteiger partial charge in [-0.1, -0.05) is 6.07 Å². The second kappa shape index (κ2) is 6.47. The van der Waals surface area contributed by atoms with Crippen LogP contribution in [0.2, 0.25) is 0 Å². The number of nitro benzene ring substituents is 1. The molecule has 1 aliphatic heterocycles. The van der Waals surface area contributed by atoms with E-state index in [9.17, 15) is 14.9 Å². The van der Waals surface area contributed by atoms with Crippen molar-refractivity contribution >= 4 is 17.3 Å².